The lowest BCUT2D eigenvalue weighted by Gasteiger charge is -2.47. The number of benzene rings is 2. The highest BCUT2D eigenvalue weighted by Crippen LogP contribution is 2.42. The number of hydrazine groups is 1. The van der Waals surface area contributed by atoms with Crippen LogP contribution in [0.2, 0.25) is 0 Å². The molecule has 2 aromatic carbocycles. The van der Waals surface area contributed by atoms with Gasteiger partial charge in [-0.3, -0.25) is 24.7 Å². The van der Waals surface area contributed by atoms with E-state index >= 15 is 8.78 Å². The highest BCUT2D eigenvalue weighted by atomic mass is 19.4. The number of hydrogen-bond donors (Lipinski definition) is 4. The van der Waals surface area contributed by atoms with Gasteiger partial charge in [0.15, 0.2) is 5.78 Å². The van der Waals surface area contributed by atoms with Gasteiger partial charge >= 0.3 is 18.8 Å². The molecule has 3 amide bonds. The lowest BCUT2D eigenvalue weighted by atomic mass is 9.77. The van der Waals surface area contributed by atoms with Crippen LogP contribution < -0.4 is 21.0 Å². The molecule has 3 aliphatic heterocycles. The molecule has 2 bridgehead atoms. The summed E-state index contributed by atoms with van der Waals surface area (Å²) in [5.41, 5.74) is -0.567. The molecule has 1 aliphatic carbocycles. The van der Waals surface area contributed by atoms with Crippen molar-refractivity contribution in [2.45, 2.75) is 136 Å². The minimum absolute atomic E-state index is 0. The van der Waals surface area contributed by atoms with Crippen LogP contribution in [0, 0.1) is 46.1 Å². The Morgan fingerprint density at radius 1 is 0.863 bits per heavy atom. The maximum Gasteiger partial charge on any atom is 0.407 e. The first-order valence-electron chi connectivity index (χ1n) is 26.3. The van der Waals surface area contributed by atoms with Crippen molar-refractivity contribution in [2.75, 3.05) is 44.9 Å². The van der Waals surface area contributed by atoms with E-state index in [1.54, 1.807) is 51.2 Å². The standard InChI is InChI=1S/C56H66F7N9O7.CH4/c1-54(2,3)49(65-50(75)35-14-15-35)51(76)68-70(28-41-42(57)22-36(23-43(41)58)44-19-20-71(67-44)52(59)60)29-46(74)37(24-45(73)48(66-53(77)78-6)55(4,5)56(61,62)63)21-33-10-7-32(8-11-33)9-12-34-13-18-47(64-25-34)69-26-38-16-17-39(27-69)72(38)40-30-79-31-40;/h7-8,10-11,13,18-20,22-23,25,35,37-40,46,48-49,52,74H,14-17,21,24,26-31H2,1-6H3,(H,65,75)(H,66,77)(H,68,76);1H4/t37-,38?,39?,46+,48-,49-;/m1./s1. The molecule has 6 atom stereocenters. The molecular weight excluding hydrogens is 1060 g/mol. The number of nitrogens with zero attached hydrogens (tertiary/aromatic N) is 6. The molecule has 2 aromatic heterocycles. The fourth-order valence-electron chi connectivity index (χ4n) is 10.4. The van der Waals surface area contributed by atoms with Crippen LogP contribution in [0.1, 0.15) is 103 Å². The normalized spacial score (nSPS) is 19.2. The van der Waals surface area contributed by atoms with Crippen LogP contribution >= 0.6 is 0 Å². The molecule has 23 heteroatoms. The second-order valence-electron chi connectivity index (χ2n) is 22.6. The Balaban J connectivity index is 0.00000924. The van der Waals surface area contributed by atoms with Crippen LogP contribution in [-0.2, 0) is 36.8 Å². The maximum absolute atomic E-state index is 16.1. The number of carbonyl (C=O) groups is 4. The number of ketones is 1. The van der Waals surface area contributed by atoms with Crippen molar-refractivity contribution >= 4 is 29.5 Å². The van der Waals surface area contributed by atoms with Crippen molar-refractivity contribution in [3.63, 3.8) is 0 Å². The largest absolute Gasteiger partial charge is 0.453 e. The molecule has 3 saturated heterocycles. The first-order valence-corrected chi connectivity index (χ1v) is 26.3. The number of piperazine rings is 1. The predicted molar refractivity (Wildman–Crippen MR) is 282 cm³/mol. The zero-order valence-corrected chi connectivity index (χ0v) is 44.8. The number of aromatic nitrogens is 3. The summed E-state index contributed by atoms with van der Waals surface area (Å²) in [6, 6.07) is 11.2. The van der Waals surface area contributed by atoms with Crippen LogP contribution in [0.15, 0.2) is 67.0 Å². The molecule has 4 aliphatic rings. The fraction of sp³-hybridized carbons (Fsp3) is 0.544. The lowest BCUT2D eigenvalue weighted by Crippen LogP contribution is -2.62. The number of hydrogen-bond acceptors (Lipinski definition) is 12. The smallest absolute Gasteiger partial charge is 0.407 e. The van der Waals surface area contributed by atoms with Crippen molar-refractivity contribution in [1.82, 2.24) is 40.7 Å². The average Bonchev–Trinajstić information content (AvgIpc) is 4.07. The number of methoxy groups -OCH3 is 1. The van der Waals surface area contributed by atoms with Crippen molar-refractivity contribution < 1.29 is 64.5 Å². The Kier molecular flexibility index (Phi) is 19.1. The summed E-state index contributed by atoms with van der Waals surface area (Å²) in [6.45, 7) is 5.23. The van der Waals surface area contributed by atoms with E-state index in [2.05, 4.69) is 42.2 Å². The number of rotatable bonds is 20. The van der Waals surface area contributed by atoms with Crippen LogP contribution in [0.5, 0.6) is 0 Å². The number of carbonyl (C=O) groups excluding carboxylic acids is 4. The van der Waals surface area contributed by atoms with Crippen LogP contribution in [0.3, 0.4) is 0 Å². The predicted octanol–water partition coefficient (Wildman–Crippen LogP) is 7.97. The number of ether oxygens (including phenoxy) is 2. The van der Waals surface area contributed by atoms with E-state index < -0.39 is 108 Å². The first kappa shape index (κ1) is 61.0. The van der Waals surface area contributed by atoms with E-state index in [1.807, 2.05) is 17.4 Å². The average molecular weight is 1130 g/mol. The molecule has 0 radical (unpaired) electrons. The second-order valence-corrected chi connectivity index (χ2v) is 22.6. The Morgan fingerprint density at radius 3 is 2.01 bits per heavy atom. The fourth-order valence-corrected chi connectivity index (χ4v) is 10.4. The lowest BCUT2D eigenvalue weighted by molar-refractivity contribution is -0.220. The van der Waals surface area contributed by atoms with Crippen molar-refractivity contribution in [3.8, 4) is 23.1 Å². The van der Waals surface area contributed by atoms with Gasteiger partial charge in [-0.25, -0.2) is 28.3 Å². The summed E-state index contributed by atoms with van der Waals surface area (Å²) in [5, 5.41) is 21.6. The Hall–Kier alpha value is -6.61. The highest BCUT2D eigenvalue weighted by Gasteiger charge is 2.56. The van der Waals surface area contributed by atoms with E-state index in [9.17, 15) is 46.2 Å². The Bertz CT molecular complexity index is 2860. The van der Waals surface area contributed by atoms with Crippen LogP contribution in [0.25, 0.3) is 11.3 Å². The number of aliphatic hydroxyl groups excluding tert-OH is 1. The third-order valence-electron chi connectivity index (χ3n) is 15.3. The second kappa shape index (κ2) is 25.0. The molecule has 4 N–H and O–H groups in total. The molecular formula is C57H70F7N9O7. The summed E-state index contributed by atoms with van der Waals surface area (Å²) >= 11 is 0. The minimum Gasteiger partial charge on any atom is -0.453 e. The number of amides is 3. The van der Waals surface area contributed by atoms with Gasteiger partial charge in [-0.2, -0.15) is 27.1 Å². The summed E-state index contributed by atoms with van der Waals surface area (Å²) in [6.07, 6.45) is -3.01. The zero-order chi connectivity index (χ0) is 57.1. The zero-order valence-electron chi connectivity index (χ0n) is 44.8. The summed E-state index contributed by atoms with van der Waals surface area (Å²) in [4.78, 5) is 63.7. The topological polar surface area (TPSA) is 183 Å². The molecule has 8 rings (SSSR count). The number of alkyl halides is 5. The van der Waals surface area contributed by atoms with E-state index in [0.29, 0.717) is 52.3 Å². The summed E-state index contributed by atoms with van der Waals surface area (Å²) in [7, 11) is 0.910. The first-order chi connectivity index (χ1) is 37.3. The molecule has 80 heavy (non-hydrogen) atoms. The molecule has 5 heterocycles. The van der Waals surface area contributed by atoms with Gasteiger partial charge in [-0.1, -0.05) is 52.2 Å². The van der Waals surface area contributed by atoms with Gasteiger partial charge in [-0.05, 0) is 105 Å². The van der Waals surface area contributed by atoms with Gasteiger partial charge in [0.25, 0.3) is 5.91 Å². The van der Waals surface area contributed by atoms with Gasteiger partial charge in [-0.15, -0.1) is 0 Å². The van der Waals surface area contributed by atoms with Crippen molar-refractivity contribution in [1.29, 1.82) is 0 Å². The number of nitrogens with one attached hydrogen (secondary N) is 3. The van der Waals surface area contributed by atoms with Crippen molar-refractivity contribution in [2.24, 2.45) is 22.7 Å². The maximum atomic E-state index is 16.1. The van der Waals surface area contributed by atoms with E-state index in [4.69, 9.17) is 9.72 Å². The number of halogens is 7. The molecule has 1 saturated carbocycles. The van der Waals surface area contributed by atoms with Crippen LogP contribution in [-0.4, -0.2) is 136 Å². The van der Waals surface area contributed by atoms with Gasteiger partial charge < -0.3 is 30.1 Å². The van der Waals surface area contributed by atoms with Gasteiger partial charge in [0.1, 0.15) is 29.5 Å². The number of Topliss-reactive ketones (excluding diaryl/α,β-unsaturated/α-hetero) is 1. The number of fused-ring (bicyclic) bond motifs is 2. The third-order valence-corrected chi connectivity index (χ3v) is 15.3. The van der Waals surface area contributed by atoms with Crippen molar-refractivity contribution in [3.05, 3.63) is 101 Å². The minimum atomic E-state index is -5.04. The number of aliphatic hydroxyl groups is 1. The van der Waals surface area contributed by atoms with Gasteiger partial charge in [0.2, 0.25) is 5.91 Å². The van der Waals surface area contributed by atoms with E-state index in [1.165, 1.54) is 0 Å². The van der Waals surface area contributed by atoms with E-state index in [0.717, 1.165) is 95.3 Å². The number of alkyl carbamates (subject to hydrolysis) is 1. The molecule has 16 nitrogen and oxygen atoms in total. The molecule has 434 valence electrons. The Morgan fingerprint density at radius 2 is 1.49 bits per heavy atom. The summed E-state index contributed by atoms with van der Waals surface area (Å²) in [5.74, 6) is 0.667. The highest BCUT2D eigenvalue weighted by molar-refractivity contribution is 5.90. The molecule has 4 aromatic rings. The third kappa shape index (κ3) is 14.5. The monoisotopic (exact) mass is 1130 g/mol. The molecule has 0 spiro atoms. The quantitative estimate of drug-likeness (QED) is 0.0381. The SMILES string of the molecule is C.COC(=O)N[C@H](C(=O)C[C@@H](Cc1ccc(C#Cc2ccc(N3CC4CCC(C3)N4C3COC3)nc2)cc1)[C@@H](O)CN(Cc1c(F)cc(-c2ccn(C(F)F)n2)cc1F)NC(=O)[C@@H](NC(=O)C1CC1)C(C)(C)C)C(C)(C)C(F)(F)F. The van der Waals surface area contributed by atoms with E-state index in [-0.39, 0.29) is 31.0 Å². The number of pyridine rings is 1. The van der Waals surface area contributed by atoms with Crippen LogP contribution in [0.4, 0.5) is 41.3 Å². The molecule has 4 fully saturated rings. The number of anilines is 1. The van der Waals surface area contributed by atoms with Gasteiger partial charge in [0, 0.05) is 85.2 Å². The summed E-state index contributed by atoms with van der Waals surface area (Å²) < 4.78 is 113. The molecule has 2 unspecified atom stereocenters. The van der Waals surface area contributed by atoms with Gasteiger partial charge in [0.05, 0.1) is 43.6 Å². The Labute approximate surface area is 461 Å².